The third-order valence-electron chi connectivity index (χ3n) is 3.53. The highest BCUT2D eigenvalue weighted by atomic mass is 35.7. The highest BCUT2D eigenvalue weighted by Gasteiger charge is 2.19. The van der Waals surface area contributed by atoms with Crippen LogP contribution in [0.1, 0.15) is 24.4 Å². The molecule has 106 valence electrons. The molecule has 0 amide bonds. The topological polar surface area (TPSA) is 49.4 Å². The van der Waals surface area contributed by atoms with E-state index in [2.05, 4.69) is 10.2 Å². The molecule has 1 N–H and O–H groups in total. The predicted molar refractivity (Wildman–Crippen MR) is 77.0 cm³/mol. The summed E-state index contributed by atoms with van der Waals surface area (Å²) in [6, 6.07) is 6.96. The summed E-state index contributed by atoms with van der Waals surface area (Å²) in [5.74, 6) is 0. The van der Waals surface area contributed by atoms with Crippen LogP contribution in [0.4, 0.5) is 0 Å². The molecule has 0 aliphatic carbocycles. The fourth-order valence-corrected chi connectivity index (χ4v) is 3.28. The van der Waals surface area contributed by atoms with Crippen molar-refractivity contribution in [3.8, 4) is 0 Å². The number of nitrogens with one attached hydrogen (secondary N) is 1. The van der Waals surface area contributed by atoms with Gasteiger partial charge in [0.2, 0.25) is 0 Å². The average Bonchev–Trinajstić information content (AvgIpc) is 2.88. The molecule has 1 aliphatic rings. The van der Waals surface area contributed by atoms with E-state index < -0.39 is 9.05 Å². The molecule has 1 aromatic carbocycles. The first-order chi connectivity index (χ1) is 9.00. The van der Waals surface area contributed by atoms with Crippen molar-refractivity contribution in [3.63, 3.8) is 0 Å². The zero-order valence-corrected chi connectivity index (χ0v) is 12.5. The van der Waals surface area contributed by atoms with Crippen molar-refractivity contribution in [2.45, 2.75) is 23.8 Å². The van der Waals surface area contributed by atoms with Crippen LogP contribution in [-0.4, -0.2) is 40.0 Å². The second-order valence-electron chi connectivity index (χ2n) is 4.86. The van der Waals surface area contributed by atoms with Gasteiger partial charge in [-0.05, 0) is 50.7 Å². The number of halogens is 1. The second-order valence-corrected chi connectivity index (χ2v) is 7.43. The molecular weight excluding hydrogens is 284 g/mol. The lowest BCUT2D eigenvalue weighted by Gasteiger charge is -2.23. The Bertz CT molecular complexity index is 527. The summed E-state index contributed by atoms with van der Waals surface area (Å²) in [4.78, 5) is 2.55. The SMILES string of the molecule is CN[C@H](CN1CCCC1)c1cccc(S(=O)(=O)Cl)c1. The number of likely N-dealkylation sites (N-methyl/N-ethyl adjacent to an activating group) is 1. The highest BCUT2D eigenvalue weighted by molar-refractivity contribution is 8.13. The van der Waals surface area contributed by atoms with E-state index in [1.165, 1.54) is 18.9 Å². The van der Waals surface area contributed by atoms with E-state index in [1.54, 1.807) is 12.1 Å². The molecule has 0 radical (unpaired) electrons. The minimum absolute atomic E-state index is 0.122. The maximum absolute atomic E-state index is 11.4. The summed E-state index contributed by atoms with van der Waals surface area (Å²) in [5, 5.41) is 3.24. The Hall–Kier alpha value is -0.620. The first-order valence-corrected chi connectivity index (χ1v) is 8.76. The van der Waals surface area contributed by atoms with Gasteiger partial charge in [0.1, 0.15) is 0 Å². The van der Waals surface area contributed by atoms with E-state index in [-0.39, 0.29) is 10.9 Å². The molecule has 6 heteroatoms. The maximum atomic E-state index is 11.4. The summed E-state index contributed by atoms with van der Waals surface area (Å²) < 4.78 is 22.8. The molecule has 1 saturated heterocycles. The van der Waals surface area contributed by atoms with E-state index in [1.807, 2.05) is 13.1 Å². The molecule has 1 heterocycles. The van der Waals surface area contributed by atoms with Crippen molar-refractivity contribution >= 4 is 19.7 Å². The van der Waals surface area contributed by atoms with E-state index in [0.717, 1.165) is 25.2 Å². The number of rotatable bonds is 5. The van der Waals surface area contributed by atoms with E-state index >= 15 is 0 Å². The number of benzene rings is 1. The Morgan fingerprint density at radius 2 is 2.05 bits per heavy atom. The molecule has 0 spiro atoms. The van der Waals surface area contributed by atoms with Gasteiger partial charge in [-0.1, -0.05) is 12.1 Å². The average molecular weight is 303 g/mol. The normalized spacial score (nSPS) is 18.6. The molecule has 2 rings (SSSR count). The Morgan fingerprint density at radius 3 is 2.63 bits per heavy atom. The maximum Gasteiger partial charge on any atom is 0.261 e. The fraction of sp³-hybridized carbons (Fsp3) is 0.538. The summed E-state index contributed by atoms with van der Waals surface area (Å²) in [7, 11) is 3.62. The van der Waals surface area contributed by atoms with Crippen molar-refractivity contribution in [1.29, 1.82) is 0 Å². The van der Waals surface area contributed by atoms with Gasteiger partial charge < -0.3 is 10.2 Å². The van der Waals surface area contributed by atoms with Crippen LogP contribution >= 0.6 is 10.7 Å². The van der Waals surface area contributed by atoms with Crippen LogP contribution in [0.5, 0.6) is 0 Å². The van der Waals surface area contributed by atoms with Gasteiger partial charge >= 0.3 is 0 Å². The number of nitrogens with zero attached hydrogens (tertiary/aromatic N) is 1. The molecule has 1 atom stereocenters. The van der Waals surface area contributed by atoms with Gasteiger partial charge in [-0.3, -0.25) is 0 Å². The molecule has 0 aromatic heterocycles. The van der Waals surface area contributed by atoms with Gasteiger partial charge in [0, 0.05) is 23.3 Å². The molecule has 0 unspecified atom stereocenters. The minimum atomic E-state index is -3.66. The Balaban J connectivity index is 2.18. The van der Waals surface area contributed by atoms with Crippen LogP contribution in [0.3, 0.4) is 0 Å². The lowest BCUT2D eigenvalue weighted by atomic mass is 10.1. The Labute approximate surface area is 119 Å². The van der Waals surface area contributed by atoms with Gasteiger partial charge in [-0.2, -0.15) is 0 Å². The Kier molecular flexibility index (Phi) is 4.84. The van der Waals surface area contributed by atoms with Crippen molar-refractivity contribution in [3.05, 3.63) is 29.8 Å². The lowest BCUT2D eigenvalue weighted by molar-refractivity contribution is 0.299. The standard InChI is InChI=1S/C13H19ClN2O2S/c1-15-13(10-16-7-2-3-8-16)11-5-4-6-12(9-11)19(14,17)18/h4-6,9,13,15H,2-3,7-8,10H2,1H3/t13-/m1/s1. The summed E-state index contributed by atoms with van der Waals surface area (Å²) in [5.41, 5.74) is 0.955. The third-order valence-corrected chi connectivity index (χ3v) is 4.88. The highest BCUT2D eigenvalue weighted by Crippen LogP contribution is 2.22. The molecular formula is C13H19ClN2O2S. The van der Waals surface area contributed by atoms with Gasteiger partial charge in [-0.25, -0.2) is 8.42 Å². The third kappa shape index (κ3) is 3.92. The van der Waals surface area contributed by atoms with Crippen molar-refractivity contribution < 1.29 is 8.42 Å². The zero-order valence-electron chi connectivity index (χ0n) is 11.0. The molecule has 0 bridgehead atoms. The molecule has 0 saturated carbocycles. The van der Waals surface area contributed by atoms with Crippen molar-refractivity contribution in [2.24, 2.45) is 0 Å². The molecule has 1 aromatic rings. The van der Waals surface area contributed by atoms with E-state index in [9.17, 15) is 8.42 Å². The van der Waals surface area contributed by atoms with Crippen LogP contribution in [-0.2, 0) is 9.05 Å². The van der Waals surface area contributed by atoms with Crippen LogP contribution < -0.4 is 5.32 Å². The van der Waals surface area contributed by atoms with E-state index in [4.69, 9.17) is 10.7 Å². The van der Waals surface area contributed by atoms with Crippen LogP contribution in [0.25, 0.3) is 0 Å². The molecule has 19 heavy (non-hydrogen) atoms. The van der Waals surface area contributed by atoms with Gasteiger partial charge in [0.15, 0.2) is 0 Å². The summed E-state index contributed by atoms with van der Waals surface area (Å²) in [6.45, 7) is 3.12. The predicted octanol–water partition coefficient (Wildman–Crippen LogP) is 1.97. The largest absolute Gasteiger partial charge is 0.312 e. The van der Waals surface area contributed by atoms with Crippen LogP contribution in [0.15, 0.2) is 29.2 Å². The van der Waals surface area contributed by atoms with E-state index in [0.29, 0.717) is 0 Å². The fourth-order valence-electron chi connectivity index (χ4n) is 2.47. The monoisotopic (exact) mass is 302 g/mol. The van der Waals surface area contributed by atoms with Gasteiger partial charge in [0.25, 0.3) is 9.05 Å². The molecule has 1 aliphatic heterocycles. The Morgan fingerprint density at radius 1 is 1.37 bits per heavy atom. The van der Waals surface area contributed by atoms with Crippen molar-refractivity contribution in [2.75, 3.05) is 26.7 Å². The molecule has 4 nitrogen and oxygen atoms in total. The smallest absolute Gasteiger partial charge is 0.261 e. The summed E-state index contributed by atoms with van der Waals surface area (Å²) >= 11 is 0. The van der Waals surface area contributed by atoms with Crippen molar-refractivity contribution in [1.82, 2.24) is 10.2 Å². The first-order valence-electron chi connectivity index (χ1n) is 6.45. The number of hydrogen-bond acceptors (Lipinski definition) is 4. The van der Waals surface area contributed by atoms with Gasteiger partial charge in [-0.15, -0.1) is 0 Å². The number of hydrogen-bond donors (Lipinski definition) is 1. The molecule has 1 fully saturated rings. The minimum Gasteiger partial charge on any atom is -0.312 e. The second kappa shape index (κ2) is 6.22. The summed E-state index contributed by atoms with van der Waals surface area (Å²) in [6.07, 6.45) is 2.49. The van der Waals surface area contributed by atoms with Gasteiger partial charge in [0.05, 0.1) is 4.90 Å². The first kappa shape index (κ1) is 14.8. The van der Waals surface area contributed by atoms with Crippen LogP contribution in [0, 0.1) is 0 Å². The van der Waals surface area contributed by atoms with Crippen LogP contribution in [0.2, 0.25) is 0 Å². The zero-order chi connectivity index (χ0) is 13.9. The number of likely N-dealkylation sites (tertiary alicyclic amines) is 1. The lowest BCUT2D eigenvalue weighted by Crippen LogP contribution is -2.31. The quantitative estimate of drug-likeness (QED) is 0.845.